The molecule has 7 heteroatoms. The Morgan fingerprint density at radius 3 is 3.05 bits per heavy atom. The van der Waals surface area contributed by atoms with Crippen molar-refractivity contribution in [1.82, 2.24) is 10.2 Å². The molecule has 0 aliphatic rings. The molecule has 0 amide bonds. The average molecular weight is 309 g/mol. The molecule has 0 spiro atoms. The fourth-order valence-corrected chi connectivity index (χ4v) is 3.30. The second kappa shape index (κ2) is 7.25. The number of benzene rings is 1. The normalized spacial score (nSPS) is 10.3. The molecular formula is C13H15N3O2S2. The molecule has 2 aromatic rings. The van der Waals surface area contributed by atoms with Gasteiger partial charge in [-0.15, -0.1) is 10.2 Å². The van der Waals surface area contributed by atoms with E-state index < -0.39 is 0 Å². The summed E-state index contributed by atoms with van der Waals surface area (Å²) in [6.07, 6.45) is 0. The third-order valence-electron chi connectivity index (χ3n) is 2.44. The van der Waals surface area contributed by atoms with Crippen LogP contribution in [0.5, 0.6) is 0 Å². The molecule has 0 radical (unpaired) electrons. The van der Waals surface area contributed by atoms with Crippen molar-refractivity contribution >= 4 is 34.2 Å². The number of hydrogen-bond donors (Lipinski definition) is 1. The molecule has 2 rings (SSSR count). The van der Waals surface area contributed by atoms with Gasteiger partial charge in [-0.05, 0) is 24.6 Å². The topological polar surface area (TPSA) is 64.1 Å². The monoisotopic (exact) mass is 309 g/mol. The summed E-state index contributed by atoms with van der Waals surface area (Å²) in [5, 5.41) is 12.1. The Morgan fingerprint density at radius 2 is 2.30 bits per heavy atom. The van der Waals surface area contributed by atoms with Gasteiger partial charge in [0, 0.05) is 12.3 Å². The van der Waals surface area contributed by atoms with E-state index in [2.05, 4.69) is 15.5 Å². The molecule has 0 atom stereocenters. The minimum Gasteiger partial charge on any atom is -0.465 e. The standard InChI is InChI=1S/C13H15N3O2S2/c1-3-14-12-15-16-13(20-12)19-8-9-5-4-6-10(7-9)11(17)18-2/h4-7H,3,8H2,1-2H3,(H,14,15). The zero-order valence-electron chi connectivity index (χ0n) is 11.3. The zero-order chi connectivity index (χ0) is 14.4. The van der Waals surface area contributed by atoms with Crippen molar-refractivity contribution in [3.8, 4) is 0 Å². The smallest absolute Gasteiger partial charge is 0.337 e. The van der Waals surface area contributed by atoms with Crippen LogP contribution >= 0.6 is 23.1 Å². The second-order valence-corrected chi connectivity index (χ2v) is 6.08. The summed E-state index contributed by atoms with van der Waals surface area (Å²) >= 11 is 3.13. The van der Waals surface area contributed by atoms with Crippen LogP contribution in [0.3, 0.4) is 0 Å². The van der Waals surface area contributed by atoms with E-state index in [0.29, 0.717) is 5.56 Å². The summed E-state index contributed by atoms with van der Waals surface area (Å²) < 4.78 is 5.62. The van der Waals surface area contributed by atoms with Crippen LogP contribution in [0.2, 0.25) is 0 Å². The molecule has 1 aromatic heterocycles. The lowest BCUT2D eigenvalue weighted by Gasteiger charge is -2.02. The second-order valence-electron chi connectivity index (χ2n) is 3.88. The van der Waals surface area contributed by atoms with Crippen LogP contribution in [0.15, 0.2) is 28.6 Å². The molecule has 1 N–H and O–H groups in total. The van der Waals surface area contributed by atoms with Crippen molar-refractivity contribution in [2.45, 2.75) is 17.0 Å². The maximum atomic E-state index is 11.5. The van der Waals surface area contributed by atoms with Crippen molar-refractivity contribution in [3.63, 3.8) is 0 Å². The van der Waals surface area contributed by atoms with E-state index in [-0.39, 0.29) is 5.97 Å². The first-order chi connectivity index (χ1) is 9.72. The fourth-order valence-electron chi connectivity index (χ4n) is 1.54. The van der Waals surface area contributed by atoms with E-state index in [1.54, 1.807) is 17.8 Å². The Kier molecular flexibility index (Phi) is 5.37. The van der Waals surface area contributed by atoms with Gasteiger partial charge in [-0.3, -0.25) is 0 Å². The number of carbonyl (C=O) groups excluding carboxylic acids is 1. The number of nitrogens with one attached hydrogen (secondary N) is 1. The number of ether oxygens (including phenoxy) is 1. The molecule has 0 unspecified atom stereocenters. The zero-order valence-corrected chi connectivity index (χ0v) is 12.9. The number of thioether (sulfide) groups is 1. The van der Waals surface area contributed by atoms with Gasteiger partial charge in [0.25, 0.3) is 0 Å². The van der Waals surface area contributed by atoms with Gasteiger partial charge in [0.05, 0.1) is 12.7 Å². The Labute approximate surface area is 125 Å². The summed E-state index contributed by atoms with van der Waals surface area (Å²) in [7, 11) is 1.38. The molecule has 1 aromatic carbocycles. The van der Waals surface area contributed by atoms with Crippen LogP contribution < -0.4 is 5.32 Å². The van der Waals surface area contributed by atoms with Gasteiger partial charge in [0.2, 0.25) is 5.13 Å². The summed E-state index contributed by atoms with van der Waals surface area (Å²) in [6, 6.07) is 7.41. The molecule has 0 fully saturated rings. The van der Waals surface area contributed by atoms with Crippen LogP contribution in [0.25, 0.3) is 0 Å². The van der Waals surface area contributed by atoms with Gasteiger partial charge in [-0.2, -0.15) is 0 Å². The predicted octanol–water partition coefficient (Wildman–Crippen LogP) is 3.05. The summed E-state index contributed by atoms with van der Waals surface area (Å²) in [5.74, 6) is 0.424. The van der Waals surface area contributed by atoms with Crippen LogP contribution in [0.1, 0.15) is 22.8 Å². The first-order valence-electron chi connectivity index (χ1n) is 6.10. The highest BCUT2D eigenvalue weighted by atomic mass is 32.2. The van der Waals surface area contributed by atoms with E-state index in [1.807, 2.05) is 25.1 Å². The minimum absolute atomic E-state index is 0.317. The first kappa shape index (κ1) is 14.8. The van der Waals surface area contributed by atoms with E-state index in [0.717, 1.165) is 27.3 Å². The maximum absolute atomic E-state index is 11.5. The maximum Gasteiger partial charge on any atom is 0.337 e. The van der Waals surface area contributed by atoms with Gasteiger partial charge in [0.1, 0.15) is 0 Å². The van der Waals surface area contributed by atoms with E-state index >= 15 is 0 Å². The lowest BCUT2D eigenvalue weighted by Crippen LogP contribution is -2.01. The quantitative estimate of drug-likeness (QED) is 0.653. The molecule has 0 aliphatic carbocycles. The van der Waals surface area contributed by atoms with Crippen molar-refractivity contribution in [1.29, 1.82) is 0 Å². The van der Waals surface area contributed by atoms with Gasteiger partial charge >= 0.3 is 5.97 Å². The van der Waals surface area contributed by atoms with Crippen LogP contribution in [-0.2, 0) is 10.5 Å². The Morgan fingerprint density at radius 1 is 1.45 bits per heavy atom. The third kappa shape index (κ3) is 3.94. The lowest BCUT2D eigenvalue weighted by atomic mass is 10.1. The SMILES string of the molecule is CCNc1nnc(SCc2cccc(C(=O)OC)c2)s1. The minimum atomic E-state index is -0.317. The average Bonchev–Trinajstić information content (AvgIpc) is 2.93. The van der Waals surface area contributed by atoms with Crippen LogP contribution in [0, 0.1) is 0 Å². The highest BCUT2D eigenvalue weighted by molar-refractivity contribution is 8.00. The number of carbonyl (C=O) groups is 1. The number of esters is 1. The molecule has 1 heterocycles. The summed E-state index contributed by atoms with van der Waals surface area (Å²) in [4.78, 5) is 11.5. The molecule has 0 saturated heterocycles. The number of aromatic nitrogens is 2. The predicted molar refractivity (Wildman–Crippen MR) is 81.4 cm³/mol. The Bertz CT molecular complexity index is 587. The number of rotatable bonds is 6. The van der Waals surface area contributed by atoms with E-state index in [4.69, 9.17) is 4.74 Å². The van der Waals surface area contributed by atoms with Crippen molar-refractivity contribution < 1.29 is 9.53 Å². The van der Waals surface area contributed by atoms with Crippen molar-refractivity contribution in [3.05, 3.63) is 35.4 Å². The van der Waals surface area contributed by atoms with Crippen molar-refractivity contribution in [2.75, 3.05) is 19.0 Å². The highest BCUT2D eigenvalue weighted by Gasteiger charge is 2.07. The third-order valence-corrected chi connectivity index (χ3v) is 4.53. The van der Waals surface area contributed by atoms with Crippen LogP contribution in [-0.4, -0.2) is 29.8 Å². The fraction of sp³-hybridized carbons (Fsp3) is 0.308. The molecule has 5 nitrogen and oxygen atoms in total. The molecule has 0 bridgehead atoms. The molecule has 20 heavy (non-hydrogen) atoms. The first-order valence-corrected chi connectivity index (χ1v) is 7.90. The summed E-state index contributed by atoms with van der Waals surface area (Å²) in [6.45, 7) is 2.85. The Hall–Kier alpha value is -1.60. The number of hydrogen-bond acceptors (Lipinski definition) is 7. The van der Waals surface area contributed by atoms with Gasteiger partial charge in [-0.1, -0.05) is 35.2 Å². The number of anilines is 1. The summed E-state index contributed by atoms with van der Waals surface area (Å²) in [5.41, 5.74) is 1.62. The largest absolute Gasteiger partial charge is 0.465 e. The Balaban J connectivity index is 1.97. The number of nitrogens with zero attached hydrogens (tertiary/aromatic N) is 2. The molecule has 0 saturated carbocycles. The lowest BCUT2D eigenvalue weighted by molar-refractivity contribution is 0.0600. The van der Waals surface area contributed by atoms with Crippen molar-refractivity contribution in [2.24, 2.45) is 0 Å². The van der Waals surface area contributed by atoms with E-state index in [9.17, 15) is 4.79 Å². The van der Waals surface area contributed by atoms with Gasteiger partial charge < -0.3 is 10.1 Å². The number of methoxy groups -OCH3 is 1. The van der Waals surface area contributed by atoms with Gasteiger partial charge in [0.15, 0.2) is 4.34 Å². The molecular weight excluding hydrogens is 294 g/mol. The van der Waals surface area contributed by atoms with Gasteiger partial charge in [-0.25, -0.2) is 4.79 Å². The van der Waals surface area contributed by atoms with Crippen LogP contribution in [0.4, 0.5) is 5.13 Å². The molecule has 106 valence electrons. The molecule has 0 aliphatic heterocycles. The van der Waals surface area contributed by atoms with E-state index in [1.165, 1.54) is 18.4 Å². The highest BCUT2D eigenvalue weighted by Crippen LogP contribution is 2.28.